The molecule has 1 fully saturated rings. The van der Waals surface area contributed by atoms with Gasteiger partial charge in [-0.1, -0.05) is 17.7 Å². The molecule has 6 rings (SSSR count). The van der Waals surface area contributed by atoms with E-state index >= 15 is 0 Å². The maximum atomic E-state index is 13.9. The molecular weight excluding hydrogens is 516 g/mol. The average Bonchev–Trinajstić information content (AvgIpc) is 3.20. The molecular formula is C30H24N2O8. The summed E-state index contributed by atoms with van der Waals surface area (Å²) in [5.41, 5.74) is 2.36. The highest BCUT2D eigenvalue weighted by Gasteiger charge is 2.56. The van der Waals surface area contributed by atoms with Gasteiger partial charge in [0.25, 0.3) is 5.69 Å². The fourth-order valence-electron chi connectivity index (χ4n) is 6.65. The number of imide groups is 1. The number of Topliss-reactive ketones (excluding diaryl/α,β-unsaturated/α-hetero) is 1. The number of nitro benzene ring substituents is 1. The smallest absolute Gasteiger partial charge is 0.269 e. The molecule has 4 atom stereocenters. The summed E-state index contributed by atoms with van der Waals surface area (Å²) < 4.78 is 5.55. The van der Waals surface area contributed by atoms with Gasteiger partial charge in [0.15, 0.2) is 11.6 Å². The van der Waals surface area contributed by atoms with Gasteiger partial charge in [0.1, 0.15) is 11.5 Å². The third kappa shape index (κ3) is 3.63. The molecule has 4 aliphatic rings. The van der Waals surface area contributed by atoms with Crippen LogP contribution >= 0.6 is 0 Å². The van der Waals surface area contributed by atoms with Crippen molar-refractivity contribution in [2.24, 2.45) is 17.8 Å². The molecule has 40 heavy (non-hydrogen) atoms. The van der Waals surface area contributed by atoms with Gasteiger partial charge in [0, 0.05) is 46.4 Å². The SMILES string of the molecule is COc1cc(O)ccc1C1C2=CCC3C(=O)N(c4ccc([N+](=O)[O-])cc4)C(=O)C3C2CC2=C1C(=O)C=C(C)C2=O. The molecule has 10 heteroatoms. The highest BCUT2D eigenvalue weighted by atomic mass is 16.6. The van der Waals surface area contributed by atoms with Crippen molar-refractivity contribution in [3.63, 3.8) is 0 Å². The van der Waals surface area contributed by atoms with Gasteiger partial charge in [-0.25, -0.2) is 0 Å². The number of aromatic hydroxyl groups is 1. The van der Waals surface area contributed by atoms with E-state index in [0.29, 0.717) is 28.0 Å². The van der Waals surface area contributed by atoms with Crippen LogP contribution in [0.3, 0.4) is 0 Å². The van der Waals surface area contributed by atoms with Crippen molar-refractivity contribution in [3.8, 4) is 11.5 Å². The summed E-state index contributed by atoms with van der Waals surface area (Å²) in [6.45, 7) is 1.58. The molecule has 1 heterocycles. The minimum atomic E-state index is -0.781. The Labute approximate surface area is 228 Å². The van der Waals surface area contributed by atoms with Gasteiger partial charge in [-0.2, -0.15) is 0 Å². The predicted octanol–water partition coefficient (Wildman–Crippen LogP) is 3.94. The monoisotopic (exact) mass is 540 g/mol. The molecule has 0 bridgehead atoms. The summed E-state index contributed by atoms with van der Waals surface area (Å²) in [5, 5.41) is 21.2. The number of non-ortho nitro benzene ring substituents is 1. The molecule has 0 radical (unpaired) electrons. The molecule has 1 N–H and O–H groups in total. The molecule has 1 aliphatic heterocycles. The molecule has 3 aliphatic carbocycles. The lowest BCUT2D eigenvalue weighted by Gasteiger charge is -2.42. The maximum Gasteiger partial charge on any atom is 0.269 e. The number of rotatable bonds is 4. The van der Waals surface area contributed by atoms with E-state index in [1.165, 1.54) is 49.6 Å². The van der Waals surface area contributed by atoms with E-state index in [1.54, 1.807) is 13.0 Å². The van der Waals surface area contributed by atoms with Crippen LogP contribution in [0.25, 0.3) is 0 Å². The minimum Gasteiger partial charge on any atom is -0.508 e. The molecule has 10 nitrogen and oxygen atoms in total. The fourth-order valence-corrected chi connectivity index (χ4v) is 6.65. The maximum absolute atomic E-state index is 13.9. The normalized spacial score (nSPS) is 25.7. The number of carbonyl (C=O) groups is 4. The van der Waals surface area contributed by atoms with Gasteiger partial charge in [-0.15, -0.1) is 0 Å². The Morgan fingerprint density at radius 1 is 1.02 bits per heavy atom. The van der Waals surface area contributed by atoms with Crippen LogP contribution in [0.4, 0.5) is 11.4 Å². The van der Waals surface area contributed by atoms with Crippen LogP contribution in [0.1, 0.15) is 31.2 Å². The summed E-state index contributed by atoms with van der Waals surface area (Å²) in [4.78, 5) is 65.8. The molecule has 2 aromatic rings. The largest absolute Gasteiger partial charge is 0.508 e. The topological polar surface area (TPSA) is 144 Å². The number of phenolic OH excluding ortho intramolecular Hbond substituents is 1. The number of ether oxygens (including phenoxy) is 1. The number of ketones is 2. The summed E-state index contributed by atoms with van der Waals surface area (Å²) in [6.07, 6.45) is 3.59. The van der Waals surface area contributed by atoms with Gasteiger partial charge < -0.3 is 9.84 Å². The zero-order valence-corrected chi connectivity index (χ0v) is 21.6. The van der Waals surface area contributed by atoms with Crippen LogP contribution in [0.2, 0.25) is 0 Å². The highest BCUT2D eigenvalue weighted by Crippen LogP contribution is 2.56. The second-order valence-corrected chi connectivity index (χ2v) is 10.4. The second-order valence-electron chi connectivity index (χ2n) is 10.4. The zero-order chi connectivity index (χ0) is 28.5. The first-order chi connectivity index (χ1) is 19.1. The minimum absolute atomic E-state index is 0.0306. The van der Waals surface area contributed by atoms with E-state index in [1.807, 2.05) is 6.08 Å². The molecule has 2 amide bonds. The van der Waals surface area contributed by atoms with E-state index in [0.717, 1.165) is 10.5 Å². The number of nitrogens with zero attached hydrogens (tertiary/aromatic N) is 2. The highest BCUT2D eigenvalue weighted by molar-refractivity contribution is 6.25. The number of allylic oxidation sites excluding steroid dienone is 6. The number of phenols is 1. The summed E-state index contributed by atoms with van der Waals surface area (Å²) in [5.74, 6) is -3.82. The molecule has 4 unspecified atom stereocenters. The molecule has 0 aromatic heterocycles. The molecule has 0 spiro atoms. The summed E-state index contributed by atoms with van der Waals surface area (Å²) in [7, 11) is 1.44. The number of carbonyl (C=O) groups excluding carboxylic acids is 4. The van der Waals surface area contributed by atoms with Crippen molar-refractivity contribution in [2.45, 2.75) is 25.7 Å². The number of hydrogen-bond donors (Lipinski definition) is 1. The van der Waals surface area contributed by atoms with E-state index < -0.39 is 40.4 Å². The Hall–Kier alpha value is -4.86. The van der Waals surface area contributed by atoms with Gasteiger partial charge in [0.05, 0.1) is 29.6 Å². The number of amides is 2. The van der Waals surface area contributed by atoms with Crippen LogP contribution in [0, 0.1) is 27.9 Å². The van der Waals surface area contributed by atoms with Crippen LogP contribution in [-0.4, -0.2) is 40.5 Å². The molecule has 2 aromatic carbocycles. The van der Waals surface area contributed by atoms with Gasteiger partial charge in [0.2, 0.25) is 11.8 Å². The fraction of sp³-hybridized carbons (Fsp3) is 0.267. The van der Waals surface area contributed by atoms with Crippen molar-refractivity contribution >= 4 is 34.8 Å². The van der Waals surface area contributed by atoms with Crippen LogP contribution in [0.15, 0.2) is 76.9 Å². The van der Waals surface area contributed by atoms with Gasteiger partial charge >= 0.3 is 0 Å². The Kier molecular flexibility index (Phi) is 5.79. The first-order valence-electron chi connectivity index (χ1n) is 12.8. The van der Waals surface area contributed by atoms with Crippen molar-refractivity contribution in [2.75, 3.05) is 12.0 Å². The van der Waals surface area contributed by atoms with E-state index in [2.05, 4.69) is 0 Å². The quantitative estimate of drug-likeness (QED) is 0.202. The lowest BCUT2D eigenvalue weighted by atomic mass is 9.59. The van der Waals surface area contributed by atoms with Crippen molar-refractivity contribution in [1.82, 2.24) is 0 Å². The number of fused-ring (bicyclic) bond motifs is 3. The van der Waals surface area contributed by atoms with Crippen LogP contribution in [0.5, 0.6) is 11.5 Å². The van der Waals surface area contributed by atoms with Gasteiger partial charge in [-0.05, 0) is 50.0 Å². The Morgan fingerprint density at radius 3 is 2.42 bits per heavy atom. The standard InChI is InChI=1S/C30H24N2O8/c1-14-11-23(34)27-22(28(14)35)13-21-18(25(27)19-8-7-17(33)12-24(19)40-2)9-10-20-26(21)30(37)31(29(20)36)15-3-5-16(6-4-15)32(38)39/h3-9,11-12,20-21,25-26,33H,10,13H2,1-2H3. The van der Waals surface area contributed by atoms with Crippen molar-refractivity contribution in [3.05, 3.63) is 92.6 Å². The van der Waals surface area contributed by atoms with Crippen molar-refractivity contribution < 1.29 is 33.9 Å². The van der Waals surface area contributed by atoms with E-state index in [-0.39, 0.29) is 41.5 Å². The number of benzene rings is 2. The number of anilines is 1. The second kappa shape index (κ2) is 9.11. The molecule has 202 valence electrons. The number of nitro groups is 1. The lowest BCUT2D eigenvalue weighted by molar-refractivity contribution is -0.384. The van der Waals surface area contributed by atoms with E-state index in [9.17, 15) is 34.4 Å². The number of hydrogen-bond acceptors (Lipinski definition) is 8. The van der Waals surface area contributed by atoms with Crippen LogP contribution < -0.4 is 9.64 Å². The predicted molar refractivity (Wildman–Crippen MR) is 142 cm³/mol. The molecule has 0 saturated carbocycles. The zero-order valence-electron chi connectivity index (χ0n) is 21.6. The lowest BCUT2D eigenvalue weighted by Crippen LogP contribution is -2.39. The van der Waals surface area contributed by atoms with Crippen LogP contribution in [-0.2, 0) is 19.2 Å². The third-order valence-electron chi connectivity index (χ3n) is 8.41. The Bertz CT molecular complexity index is 1630. The first-order valence-corrected chi connectivity index (χ1v) is 12.8. The summed E-state index contributed by atoms with van der Waals surface area (Å²) in [6, 6.07) is 9.80. The van der Waals surface area contributed by atoms with Crippen molar-refractivity contribution in [1.29, 1.82) is 0 Å². The van der Waals surface area contributed by atoms with E-state index in [4.69, 9.17) is 4.74 Å². The Morgan fingerprint density at radius 2 is 1.75 bits per heavy atom. The average molecular weight is 541 g/mol. The molecule has 1 saturated heterocycles. The number of methoxy groups -OCH3 is 1. The first kappa shape index (κ1) is 25.4. The third-order valence-corrected chi connectivity index (χ3v) is 8.41. The Balaban J connectivity index is 1.47. The summed E-state index contributed by atoms with van der Waals surface area (Å²) >= 11 is 0. The van der Waals surface area contributed by atoms with Gasteiger partial charge in [-0.3, -0.25) is 34.2 Å².